The molecule has 0 spiro atoms. The van der Waals surface area contributed by atoms with Crippen molar-refractivity contribution in [2.75, 3.05) is 0 Å². The highest BCUT2D eigenvalue weighted by molar-refractivity contribution is 14.1. The molecule has 52 valence electrons. The minimum atomic E-state index is 0.936. The number of nitrogens with zero attached hydrogens (tertiary/aromatic N) is 1. The largest absolute Gasteiger partial charge is 0.411 e. The molecule has 0 aliphatic carbocycles. The Morgan fingerprint density at radius 3 is 2.70 bits per heavy atom. The molecule has 0 amide bonds. The van der Waals surface area contributed by atoms with Gasteiger partial charge in [-0.25, -0.2) is 0 Å². The molecule has 1 rings (SSSR count). The first-order valence-electron chi connectivity index (χ1n) is 2.76. The van der Waals surface area contributed by atoms with Gasteiger partial charge in [0.25, 0.3) is 0 Å². The lowest BCUT2D eigenvalue weighted by molar-refractivity contribution is 0.322. The second kappa shape index (κ2) is 3.55. The quantitative estimate of drug-likeness (QED) is 0.350. The summed E-state index contributed by atoms with van der Waals surface area (Å²) in [7, 11) is 0. The van der Waals surface area contributed by atoms with E-state index < -0.39 is 0 Å². The number of benzene rings is 1. The molecule has 0 saturated carbocycles. The standard InChI is InChI=1S/C7H6INO/c8-7-4-2-1-3-6(7)5-9-10/h1-5,10H. The van der Waals surface area contributed by atoms with Crippen LogP contribution >= 0.6 is 22.6 Å². The SMILES string of the molecule is ON=Cc1ccccc1I. The Hall–Kier alpha value is -0.580. The summed E-state index contributed by atoms with van der Waals surface area (Å²) < 4.78 is 1.08. The normalized spacial score (nSPS) is 10.5. The Bertz CT molecular complexity index is 247. The van der Waals surface area contributed by atoms with Gasteiger partial charge in [-0.1, -0.05) is 23.4 Å². The lowest BCUT2D eigenvalue weighted by Gasteiger charge is -1.92. The van der Waals surface area contributed by atoms with Crippen molar-refractivity contribution in [1.82, 2.24) is 0 Å². The van der Waals surface area contributed by atoms with E-state index in [4.69, 9.17) is 5.21 Å². The van der Waals surface area contributed by atoms with Gasteiger partial charge in [-0.3, -0.25) is 0 Å². The smallest absolute Gasteiger partial charge is 0.0744 e. The van der Waals surface area contributed by atoms with Crippen LogP contribution in [0.2, 0.25) is 0 Å². The van der Waals surface area contributed by atoms with Crippen molar-refractivity contribution in [3.63, 3.8) is 0 Å². The number of rotatable bonds is 1. The van der Waals surface area contributed by atoms with E-state index in [9.17, 15) is 0 Å². The molecule has 0 radical (unpaired) electrons. The van der Waals surface area contributed by atoms with Gasteiger partial charge >= 0.3 is 0 Å². The predicted octanol–water partition coefficient (Wildman–Crippen LogP) is 2.10. The van der Waals surface area contributed by atoms with Crippen LogP contribution < -0.4 is 0 Å². The van der Waals surface area contributed by atoms with Crippen LogP contribution in [0.4, 0.5) is 0 Å². The molecule has 3 heteroatoms. The first kappa shape index (κ1) is 7.53. The van der Waals surface area contributed by atoms with Gasteiger partial charge in [-0.2, -0.15) is 0 Å². The molecule has 2 nitrogen and oxygen atoms in total. The van der Waals surface area contributed by atoms with Crippen molar-refractivity contribution in [2.45, 2.75) is 0 Å². The highest BCUT2D eigenvalue weighted by atomic mass is 127. The van der Waals surface area contributed by atoms with Crippen LogP contribution in [-0.4, -0.2) is 11.4 Å². The van der Waals surface area contributed by atoms with E-state index in [0.29, 0.717) is 0 Å². The zero-order valence-electron chi connectivity index (χ0n) is 5.16. The van der Waals surface area contributed by atoms with Gasteiger partial charge in [0.05, 0.1) is 6.21 Å². The number of hydrogen-bond acceptors (Lipinski definition) is 2. The fourth-order valence-electron chi connectivity index (χ4n) is 0.642. The lowest BCUT2D eigenvalue weighted by atomic mass is 10.2. The minimum Gasteiger partial charge on any atom is -0.411 e. The van der Waals surface area contributed by atoms with E-state index in [1.807, 2.05) is 24.3 Å². The maximum atomic E-state index is 8.21. The number of hydrogen-bond donors (Lipinski definition) is 1. The molecule has 0 aromatic heterocycles. The topological polar surface area (TPSA) is 32.6 Å². The highest BCUT2D eigenvalue weighted by Crippen LogP contribution is 2.08. The van der Waals surface area contributed by atoms with E-state index in [0.717, 1.165) is 9.13 Å². The van der Waals surface area contributed by atoms with Crippen LogP contribution in [0.25, 0.3) is 0 Å². The third kappa shape index (κ3) is 1.70. The zero-order chi connectivity index (χ0) is 7.40. The lowest BCUT2D eigenvalue weighted by Crippen LogP contribution is -1.83. The molecule has 0 saturated heterocycles. The molecule has 0 aliphatic heterocycles. The number of halogens is 1. The van der Waals surface area contributed by atoms with Crippen molar-refractivity contribution in [2.24, 2.45) is 5.16 Å². The Morgan fingerprint density at radius 2 is 2.10 bits per heavy atom. The molecule has 1 aromatic carbocycles. The van der Waals surface area contributed by atoms with Crippen molar-refractivity contribution in [3.05, 3.63) is 33.4 Å². The highest BCUT2D eigenvalue weighted by Gasteiger charge is 1.91. The van der Waals surface area contributed by atoms with Crippen LogP contribution in [-0.2, 0) is 0 Å². The van der Waals surface area contributed by atoms with E-state index in [2.05, 4.69) is 27.7 Å². The van der Waals surface area contributed by atoms with E-state index in [1.165, 1.54) is 6.21 Å². The first-order valence-corrected chi connectivity index (χ1v) is 3.84. The monoisotopic (exact) mass is 247 g/mol. The third-order valence-electron chi connectivity index (χ3n) is 1.10. The molecular weight excluding hydrogens is 241 g/mol. The Balaban J connectivity index is 3.03. The van der Waals surface area contributed by atoms with Crippen molar-refractivity contribution in [1.29, 1.82) is 0 Å². The molecule has 1 aromatic rings. The molecule has 1 N–H and O–H groups in total. The molecular formula is C7H6INO. The van der Waals surface area contributed by atoms with E-state index in [1.54, 1.807) is 0 Å². The van der Waals surface area contributed by atoms with E-state index >= 15 is 0 Å². The maximum Gasteiger partial charge on any atom is 0.0744 e. The summed E-state index contributed by atoms with van der Waals surface area (Å²) in [5.74, 6) is 0. The molecule has 0 unspecified atom stereocenters. The summed E-state index contributed by atoms with van der Waals surface area (Å²) in [6.45, 7) is 0. The van der Waals surface area contributed by atoms with Crippen LogP contribution in [0.1, 0.15) is 5.56 Å². The summed E-state index contributed by atoms with van der Waals surface area (Å²) in [5, 5.41) is 11.1. The summed E-state index contributed by atoms with van der Waals surface area (Å²) in [4.78, 5) is 0. The van der Waals surface area contributed by atoms with Crippen LogP contribution in [0.15, 0.2) is 29.4 Å². The average Bonchev–Trinajstić information content (AvgIpc) is 1.94. The van der Waals surface area contributed by atoms with Crippen LogP contribution in [0.5, 0.6) is 0 Å². The molecule has 10 heavy (non-hydrogen) atoms. The van der Waals surface area contributed by atoms with Gasteiger partial charge in [-0.05, 0) is 28.7 Å². The van der Waals surface area contributed by atoms with Crippen LogP contribution in [0.3, 0.4) is 0 Å². The van der Waals surface area contributed by atoms with Crippen molar-refractivity contribution < 1.29 is 5.21 Å². The second-order valence-corrected chi connectivity index (χ2v) is 2.93. The van der Waals surface area contributed by atoms with Gasteiger partial charge in [-0.15, -0.1) is 0 Å². The Kier molecular flexibility index (Phi) is 2.68. The molecule has 0 bridgehead atoms. The molecule has 0 aliphatic rings. The van der Waals surface area contributed by atoms with Gasteiger partial charge in [0, 0.05) is 9.13 Å². The number of oxime groups is 1. The minimum absolute atomic E-state index is 0.936. The van der Waals surface area contributed by atoms with Gasteiger partial charge in [0.2, 0.25) is 0 Å². The maximum absolute atomic E-state index is 8.21. The van der Waals surface area contributed by atoms with Crippen molar-refractivity contribution >= 4 is 28.8 Å². The fourth-order valence-corrected chi connectivity index (χ4v) is 1.17. The summed E-state index contributed by atoms with van der Waals surface area (Å²) in [6.07, 6.45) is 1.42. The Labute approximate surface area is 72.7 Å². The summed E-state index contributed by atoms with van der Waals surface area (Å²) >= 11 is 2.18. The average molecular weight is 247 g/mol. The first-order chi connectivity index (χ1) is 4.84. The Morgan fingerprint density at radius 1 is 1.40 bits per heavy atom. The van der Waals surface area contributed by atoms with Gasteiger partial charge < -0.3 is 5.21 Å². The van der Waals surface area contributed by atoms with Crippen LogP contribution in [0, 0.1) is 3.57 Å². The molecule has 0 atom stereocenters. The fraction of sp³-hybridized carbons (Fsp3) is 0. The van der Waals surface area contributed by atoms with Gasteiger partial charge in [0.1, 0.15) is 0 Å². The zero-order valence-corrected chi connectivity index (χ0v) is 7.32. The van der Waals surface area contributed by atoms with Gasteiger partial charge in [0.15, 0.2) is 0 Å². The van der Waals surface area contributed by atoms with Crippen molar-refractivity contribution in [3.8, 4) is 0 Å². The van der Waals surface area contributed by atoms with E-state index in [-0.39, 0.29) is 0 Å². The molecule has 0 heterocycles. The summed E-state index contributed by atoms with van der Waals surface area (Å²) in [6, 6.07) is 7.69. The second-order valence-electron chi connectivity index (χ2n) is 1.77. The predicted molar refractivity (Wildman–Crippen MR) is 48.5 cm³/mol. The third-order valence-corrected chi connectivity index (χ3v) is 2.08. The molecule has 0 fully saturated rings. The summed E-state index contributed by atoms with van der Waals surface area (Å²) in [5.41, 5.74) is 0.936.